The second-order valence-electron chi connectivity index (χ2n) is 7.08. The van der Waals surface area contributed by atoms with Crippen LogP contribution < -0.4 is 5.32 Å². The van der Waals surface area contributed by atoms with Crippen molar-refractivity contribution in [3.63, 3.8) is 0 Å². The number of fused-ring (bicyclic) bond motifs is 2. The summed E-state index contributed by atoms with van der Waals surface area (Å²) in [4.78, 5) is 26.9. The van der Waals surface area contributed by atoms with E-state index in [4.69, 9.17) is 4.74 Å². The highest BCUT2D eigenvalue weighted by molar-refractivity contribution is 7.89. The van der Waals surface area contributed by atoms with E-state index in [9.17, 15) is 18.0 Å². The number of carbonyl (C=O) groups excluding carboxylic acids is 2. The maximum atomic E-state index is 13.0. The van der Waals surface area contributed by atoms with Gasteiger partial charge in [0, 0.05) is 18.9 Å². The smallest absolute Gasteiger partial charge is 0.264 e. The molecule has 0 spiro atoms. The molecule has 144 valence electrons. The van der Waals surface area contributed by atoms with E-state index in [-0.39, 0.29) is 29.4 Å². The van der Waals surface area contributed by atoms with Crippen LogP contribution in [0.3, 0.4) is 0 Å². The monoisotopic (exact) mass is 391 g/mol. The van der Waals surface area contributed by atoms with E-state index in [0.717, 1.165) is 16.3 Å². The Morgan fingerprint density at radius 2 is 2.04 bits per heavy atom. The Balaban J connectivity index is 1.58. The van der Waals surface area contributed by atoms with Crippen LogP contribution in [0, 0.1) is 6.92 Å². The standard InChI is InChI=1S/C18H21N3O5S/c1-12-2-4-15(5-3-12)27(24,25)21-7-6-19-18(23)16(21)9-17(22)20-10-14-8-13(20)11-26-14/h2-7,13-14,16H,8-11H2,1H3,(H,19,23)/t13-,14-,16+/m0/s1. The molecule has 2 bridgehead atoms. The number of sulfonamides is 1. The molecule has 2 amide bonds. The minimum atomic E-state index is -3.95. The lowest BCUT2D eigenvalue weighted by Crippen LogP contribution is -2.52. The van der Waals surface area contributed by atoms with E-state index < -0.39 is 22.0 Å². The van der Waals surface area contributed by atoms with Crippen LogP contribution in [-0.4, -0.2) is 60.8 Å². The number of nitrogens with one attached hydrogen (secondary N) is 1. The third kappa shape index (κ3) is 3.21. The highest BCUT2D eigenvalue weighted by atomic mass is 32.2. The second kappa shape index (κ2) is 6.65. The molecule has 8 nitrogen and oxygen atoms in total. The number of likely N-dealkylation sites (tertiary alicyclic amines) is 1. The Bertz CT molecular complexity index is 896. The van der Waals surface area contributed by atoms with E-state index in [1.165, 1.54) is 24.5 Å². The zero-order valence-electron chi connectivity index (χ0n) is 14.9. The Morgan fingerprint density at radius 1 is 1.30 bits per heavy atom. The van der Waals surface area contributed by atoms with Crippen molar-refractivity contribution in [2.24, 2.45) is 0 Å². The molecule has 9 heteroatoms. The van der Waals surface area contributed by atoms with Crippen molar-refractivity contribution in [2.75, 3.05) is 13.2 Å². The summed E-state index contributed by atoms with van der Waals surface area (Å²) in [5.41, 5.74) is 0.930. The summed E-state index contributed by atoms with van der Waals surface area (Å²) < 4.78 is 32.6. The van der Waals surface area contributed by atoms with Crippen molar-refractivity contribution in [1.82, 2.24) is 14.5 Å². The lowest BCUT2D eigenvalue weighted by molar-refractivity contribution is -0.139. The zero-order chi connectivity index (χ0) is 19.2. The number of amides is 2. The number of aryl methyl sites for hydroxylation is 1. The van der Waals surface area contributed by atoms with Gasteiger partial charge in [-0.3, -0.25) is 13.9 Å². The van der Waals surface area contributed by atoms with E-state index in [1.807, 2.05) is 6.92 Å². The molecule has 0 unspecified atom stereocenters. The summed E-state index contributed by atoms with van der Waals surface area (Å²) in [7, 11) is -3.95. The average molecular weight is 391 g/mol. The molecule has 0 aliphatic carbocycles. The molecule has 3 aliphatic heterocycles. The van der Waals surface area contributed by atoms with Crippen LogP contribution in [0.5, 0.6) is 0 Å². The molecule has 2 saturated heterocycles. The predicted molar refractivity (Wildman–Crippen MR) is 95.7 cm³/mol. The van der Waals surface area contributed by atoms with Crippen LogP contribution in [0.2, 0.25) is 0 Å². The van der Waals surface area contributed by atoms with Crippen LogP contribution in [-0.2, 0) is 24.3 Å². The van der Waals surface area contributed by atoms with Gasteiger partial charge < -0.3 is 15.0 Å². The quantitative estimate of drug-likeness (QED) is 0.799. The number of rotatable bonds is 4. The Kier molecular flexibility index (Phi) is 4.43. The van der Waals surface area contributed by atoms with Gasteiger partial charge in [0.1, 0.15) is 6.04 Å². The first-order valence-electron chi connectivity index (χ1n) is 8.84. The molecule has 27 heavy (non-hydrogen) atoms. The fraction of sp³-hybridized carbons (Fsp3) is 0.444. The molecular weight excluding hydrogens is 370 g/mol. The molecule has 0 saturated carbocycles. The first-order chi connectivity index (χ1) is 12.9. The van der Waals surface area contributed by atoms with Gasteiger partial charge in [-0.15, -0.1) is 0 Å². The molecule has 1 aromatic carbocycles. The summed E-state index contributed by atoms with van der Waals surface area (Å²) in [5.74, 6) is -0.743. The van der Waals surface area contributed by atoms with Crippen molar-refractivity contribution < 1.29 is 22.7 Å². The van der Waals surface area contributed by atoms with Gasteiger partial charge in [-0.1, -0.05) is 17.7 Å². The maximum absolute atomic E-state index is 13.0. The highest BCUT2D eigenvalue weighted by Crippen LogP contribution is 2.30. The van der Waals surface area contributed by atoms with Crippen molar-refractivity contribution in [2.45, 2.75) is 42.8 Å². The Morgan fingerprint density at radius 3 is 2.67 bits per heavy atom. The summed E-state index contributed by atoms with van der Waals surface area (Å²) >= 11 is 0. The summed E-state index contributed by atoms with van der Waals surface area (Å²) in [6.07, 6.45) is 3.22. The lowest BCUT2D eigenvalue weighted by Gasteiger charge is -2.33. The first-order valence-corrected chi connectivity index (χ1v) is 10.3. The van der Waals surface area contributed by atoms with Gasteiger partial charge in [-0.2, -0.15) is 0 Å². The predicted octanol–water partition coefficient (Wildman–Crippen LogP) is 0.345. The molecule has 3 heterocycles. The van der Waals surface area contributed by atoms with E-state index >= 15 is 0 Å². The van der Waals surface area contributed by atoms with Crippen LogP contribution in [0.4, 0.5) is 0 Å². The fourth-order valence-corrected chi connectivity index (χ4v) is 5.21. The summed E-state index contributed by atoms with van der Waals surface area (Å²) in [6, 6.07) is 5.30. The first kappa shape index (κ1) is 18.0. The van der Waals surface area contributed by atoms with Gasteiger partial charge in [-0.25, -0.2) is 8.42 Å². The molecule has 4 rings (SSSR count). The van der Waals surface area contributed by atoms with Crippen LogP contribution in [0.1, 0.15) is 18.4 Å². The van der Waals surface area contributed by atoms with Crippen molar-refractivity contribution in [1.29, 1.82) is 0 Å². The highest BCUT2D eigenvalue weighted by Gasteiger charge is 2.44. The summed E-state index contributed by atoms with van der Waals surface area (Å²) in [5, 5.41) is 2.50. The molecular formula is C18H21N3O5S. The Labute approximate surface area is 157 Å². The van der Waals surface area contributed by atoms with Crippen molar-refractivity contribution in [3.8, 4) is 0 Å². The van der Waals surface area contributed by atoms with Gasteiger partial charge in [0.05, 0.1) is 30.1 Å². The number of nitrogens with zero attached hydrogens (tertiary/aromatic N) is 2. The minimum Gasteiger partial charge on any atom is -0.374 e. The largest absolute Gasteiger partial charge is 0.374 e. The van der Waals surface area contributed by atoms with Crippen LogP contribution in [0.15, 0.2) is 41.6 Å². The number of carbonyl (C=O) groups is 2. The fourth-order valence-electron chi connectivity index (χ4n) is 3.76. The number of morpholine rings is 1. The number of benzene rings is 1. The van der Waals surface area contributed by atoms with E-state index in [0.29, 0.717) is 13.2 Å². The lowest BCUT2D eigenvalue weighted by atomic mass is 10.1. The Hall–Kier alpha value is -2.39. The molecule has 0 aromatic heterocycles. The topological polar surface area (TPSA) is 96.0 Å². The van der Waals surface area contributed by atoms with Gasteiger partial charge in [0.15, 0.2) is 0 Å². The summed E-state index contributed by atoms with van der Waals surface area (Å²) in [6.45, 7) is 2.86. The number of hydrogen-bond acceptors (Lipinski definition) is 5. The average Bonchev–Trinajstić information content (AvgIpc) is 3.27. The third-order valence-electron chi connectivity index (χ3n) is 5.24. The molecule has 3 aliphatic rings. The third-order valence-corrected chi connectivity index (χ3v) is 7.04. The SMILES string of the molecule is Cc1ccc(S(=O)(=O)N2C=CNC(=O)[C@H]2CC(=O)N2C[C@@H]3C[C@H]2CO3)cc1. The van der Waals surface area contributed by atoms with Gasteiger partial charge >= 0.3 is 0 Å². The molecule has 2 fully saturated rings. The number of ether oxygens (including phenoxy) is 1. The number of hydrogen-bond donors (Lipinski definition) is 1. The van der Waals surface area contributed by atoms with Crippen LogP contribution >= 0.6 is 0 Å². The molecule has 1 aromatic rings. The van der Waals surface area contributed by atoms with Gasteiger partial charge in [-0.05, 0) is 25.5 Å². The molecule has 1 N–H and O–H groups in total. The minimum absolute atomic E-state index is 0.0202. The molecule has 3 atom stereocenters. The maximum Gasteiger partial charge on any atom is 0.264 e. The van der Waals surface area contributed by atoms with Crippen molar-refractivity contribution in [3.05, 3.63) is 42.2 Å². The van der Waals surface area contributed by atoms with Gasteiger partial charge in [0.25, 0.3) is 10.0 Å². The molecule has 0 radical (unpaired) electrons. The van der Waals surface area contributed by atoms with Crippen molar-refractivity contribution >= 4 is 21.8 Å². The van der Waals surface area contributed by atoms with Gasteiger partial charge in [0.2, 0.25) is 11.8 Å². The van der Waals surface area contributed by atoms with Crippen LogP contribution in [0.25, 0.3) is 0 Å². The van der Waals surface area contributed by atoms with E-state index in [1.54, 1.807) is 17.0 Å². The van der Waals surface area contributed by atoms with E-state index in [2.05, 4.69) is 5.32 Å². The second-order valence-corrected chi connectivity index (χ2v) is 8.93. The zero-order valence-corrected chi connectivity index (χ0v) is 15.7. The normalized spacial score (nSPS) is 27.1.